The molecule has 442 valence electrons. The molecule has 2 spiro atoms. The molecular formula is C92H56BN3. The maximum absolute atomic E-state index is 2.73. The van der Waals surface area contributed by atoms with Crippen molar-refractivity contribution in [1.82, 2.24) is 4.57 Å². The third kappa shape index (κ3) is 6.53. The maximum atomic E-state index is 2.73. The van der Waals surface area contributed by atoms with E-state index in [2.05, 4.69) is 354 Å². The van der Waals surface area contributed by atoms with E-state index >= 15 is 0 Å². The van der Waals surface area contributed by atoms with Gasteiger partial charge in [0, 0.05) is 44.6 Å². The fourth-order valence-electron chi connectivity index (χ4n) is 19.1. The van der Waals surface area contributed by atoms with Gasteiger partial charge in [-0.2, -0.15) is 0 Å². The molecule has 3 nitrogen and oxygen atoms in total. The summed E-state index contributed by atoms with van der Waals surface area (Å²) in [7, 11) is 0. The highest BCUT2D eigenvalue weighted by atomic mass is 15.2. The summed E-state index contributed by atoms with van der Waals surface area (Å²) < 4.78 is 2.56. The normalized spacial score (nSPS) is 14.4. The van der Waals surface area contributed by atoms with Crippen molar-refractivity contribution < 1.29 is 0 Å². The van der Waals surface area contributed by atoms with E-state index in [0.29, 0.717) is 0 Å². The number of aromatic nitrogens is 1. The Bertz CT molecular complexity index is 5580. The van der Waals surface area contributed by atoms with Crippen LogP contribution in [0.25, 0.3) is 94.3 Å². The van der Waals surface area contributed by atoms with Gasteiger partial charge in [0.15, 0.2) is 0 Å². The van der Waals surface area contributed by atoms with Gasteiger partial charge in [-0.3, -0.25) is 0 Å². The summed E-state index contributed by atoms with van der Waals surface area (Å²) in [6.45, 7) is -0.223. The Morgan fingerprint density at radius 1 is 0.229 bits per heavy atom. The molecule has 0 saturated heterocycles. The zero-order valence-electron chi connectivity index (χ0n) is 52.3. The minimum Gasteiger partial charge on any atom is -0.311 e. The molecule has 4 heteroatoms. The highest BCUT2D eigenvalue weighted by molar-refractivity contribution is 7.00. The van der Waals surface area contributed by atoms with Crippen LogP contribution in [0.3, 0.4) is 0 Å². The van der Waals surface area contributed by atoms with E-state index in [1.54, 1.807) is 0 Å². The number of hydrogen-bond donors (Lipinski definition) is 0. The second-order valence-electron chi connectivity index (χ2n) is 26.8. The van der Waals surface area contributed by atoms with Gasteiger partial charge in [0.05, 0.1) is 38.9 Å². The number of fused-ring (bicyclic) bond motifs is 27. The molecule has 0 N–H and O–H groups in total. The Hall–Kier alpha value is -12.2. The minimum absolute atomic E-state index is 0.223. The first kappa shape index (κ1) is 52.3. The number of rotatable bonds is 5. The van der Waals surface area contributed by atoms with Gasteiger partial charge in [-0.15, -0.1) is 0 Å². The molecule has 1 aromatic heterocycles. The molecule has 0 saturated carbocycles. The predicted molar refractivity (Wildman–Crippen MR) is 398 cm³/mol. The van der Waals surface area contributed by atoms with Crippen LogP contribution in [0.15, 0.2) is 340 Å². The van der Waals surface area contributed by atoms with Crippen molar-refractivity contribution in [3.63, 3.8) is 0 Å². The smallest absolute Gasteiger partial charge is 0.252 e. The third-order valence-electron chi connectivity index (χ3n) is 22.6. The van der Waals surface area contributed by atoms with Crippen LogP contribution in [-0.2, 0) is 10.8 Å². The van der Waals surface area contributed by atoms with Crippen molar-refractivity contribution in [1.29, 1.82) is 0 Å². The number of para-hydroxylation sites is 2. The van der Waals surface area contributed by atoms with Gasteiger partial charge in [-0.25, -0.2) is 0 Å². The Labute approximate surface area is 557 Å². The predicted octanol–water partition coefficient (Wildman–Crippen LogP) is 20.9. The van der Waals surface area contributed by atoms with E-state index in [0.717, 1.165) is 50.8 Å². The topological polar surface area (TPSA) is 11.4 Å². The second kappa shape index (κ2) is 19.2. The van der Waals surface area contributed by atoms with Crippen LogP contribution < -0.4 is 26.2 Å². The summed E-state index contributed by atoms with van der Waals surface area (Å²) in [6.07, 6.45) is 0. The minimum atomic E-state index is -0.647. The number of anilines is 6. The molecule has 16 aromatic rings. The molecule has 4 aliphatic carbocycles. The monoisotopic (exact) mass is 1210 g/mol. The first-order valence-electron chi connectivity index (χ1n) is 33.7. The van der Waals surface area contributed by atoms with Crippen molar-refractivity contribution in [2.45, 2.75) is 10.8 Å². The van der Waals surface area contributed by atoms with Crippen molar-refractivity contribution >= 4 is 79.0 Å². The average molecular weight is 1210 g/mol. The summed E-state index contributed by atoms with van der Waals surface area (Å²) in [4.78, 5) is 5.46. The third-order valence-corrected chi connectivity index (χ3v) is 22.6. The molecule has 3 heterocycles. The Morgan fingerprint density at radius 3 is 0.938 bits per heavy atom. The number of hydrogen-bond acceptors (Lipinski definition) is 2. The Morgan fingerprint density at radius 2 is 0.552 bits per heavy atom. The van der Waals surface area contributed by atoms with Crippen molar-refractivity contribution in [2.24, 2.45) is 0 Å². The van der Waals surface area contributed by atoms with Crippen LogP contribution in [0.1, 0.15) is 44.5 Å². The van der Waals surface area contributed by atoms with Gasteiger partial charge in [-0.1, -0.05) is 291 Å². The first-order valence-corrected chi connectivity index (χ1v) is 33.7. The summed E-state index contributed by atoms with van der Waals surface area (Å²) in [6, 6.07) is 130. The fourth-order valence-corrected chi connectivity index (χ4v) is 19.1. The van der Waals surface area contributed by atoms with Crippen LogP contribution in [0.5, 0.6) is 0 Å². The summed E-state index contributed by atoms with van der Waals surface area (Å²) in [5.41, 5.74) is 38.3. The van der Waals surface area contributed by atoms with Crippen LogP contribution in [-0.4, -0.2) is 11.3 Å². The van der Waals surface area contributed by atoms with Gasteiger partial charge in [0.1, 0.15) is 0 Å². The van der Waals surface area contributed by atoms with Crippen LogP contribution in [0.4, 0.5) is 34.1 Å². The van der Waals surface area contributed by atoms with Gasteiger partial charge in [0.2, 0.25) is 0 Å². The molecule has 6 aliphatic rings. The number of nitrogens with zero attached hydrogens (tertiary/aromatic N) is 3. The largest absolute Gasteiger partial charge is 0.311 e. The molecule has 0 atom stereocenters. The zero-order valence-corrected chi connectivity index (χ0v) is 52.3. The average Bonchev–Trinajstić information content (AvgIpc) is 1.53. The molecule has 22 rings (SSSR count). The lowest BCUT2D eigenvalue weighted by atomic mass is 9.33. The Balaban J connectivity index is 0.923. The molecule has 0 radical (unpaired) electrons. The van der Waals surface area contributed by atoms with Crippen LogP contribution in [0.2, 0.25) is 0 Å². The van der Waals surface area contributed by atoms with E-state index in [9.17, 15) is 0 Å². The molecule has 15 aromatic carbocycles. The first-order chi connectivity index (χ1) is 47.7. The quantitative estimate of drug-likeness (QED) is 0.159. The van der Waals surface area contributed by atoms with Gasteiger partial charge >= 0.3 is 0 Å². The van der Waals surface area contributed by atoms with E-state index in [1.807, 2.05) is 0 Å². The van der Waals surface area contributed by atoms with Crippen molar-refractivity contribution in [3.05, 3.63) is 384 Å². The molecular weight excluding hydrogens is 1160 g/mol. The zero-order chi connectivity index (χ0) is 62.5. The van der Waals surface area contributed by atoms with Crippen molar-refractivity contribution in [3.8, 4) is 72.4 Å². The summed E-state index contributed by atoms with van der Waals surface area (Å²) in [5, 5.41) is 2.45. The molecule has 2 aliphatic heterocycles. The lowest BCUT2D eigenvalue weighted by Gasteiger charge is -2.46. The molecule has 0 fully saturated rings. The lowest BCUT2D eigenvalue weighted by molar-refractivity contribution is 0.792. The molecule has 96 heavy (non-hydrogen) atoms. The van der Waals surface area contributed by atoms with E-state index < -0.39 is 10.8 Å². The standard InChI is InChI=1S/C92H56BN3/c1-3-25-57(26-4-1)59-49-51-82-78(53-59)93-79-54-60(58-27-5-2-6-28-58)50-52-83(79)96(85-48-24-38-71-67-34-12-20-44-77(67)92(89(71)85)74-41-17-9-31-64(74)65-32-10-18-42-75(65)92)87-56-61(94-80-45-21-13-35-68(80)69-36-14-22-46-81(69)94)55-86(90(87)93)95(82)84-47-23-37-70-66-33-11-19-43-76(66)91(88(70)84)72-39-15-7-29-62(72)63-30-8-16-40-73(63)91/h1-56H. The SMILES string of the molecule is c1ccc(-c2ccc3c(c2)B2c4cc(-c5ccccc5)ccc4N(c4cccc5c4C4(c6ccccc6-c6ccccc64)c4ccccc4-5)c4cc(-n5c6ccccc6c6ccccc65)cc(c42)N3c2cccc3c2C2(c4ccccc4-c4ccccc42)c2ccccc2-3)cc1. The number of benzene rings is 15. The molecule has 0 bridgehead atoms. The van der Waals surface area contributed by atoms with E-state index in [-0.39, 0.29) is 6.71 Å². The molecule has 0 unspecified atom stereocenters. The van der Waals surface area contributed by atoms with E-state index in [4.69, 9.17) is 0 Å². The van der Waals surface area contributed by atoms with E-state index in [1.165, 1.54) is 138 Å². The van der Waals surface area contributed by atoms with Crippen LogP contribution in [0, 0.1) is 0 Å². The second-order valence-corrected chi connectivity index (χ2v) is 26.8. The fraction of sp³-hybridized carbons (Fsp3) is 0.0217. The summed E-state index contributed by atoms with van der Waals surface area (Å²) >= 11 is 0. The van der Waals surface area contributed by atoms with Gasteiger partial charge in [0.25, 0.3) is 6.71 Å². The molecule has 0 amide bonds. The van der Waals surface area contributed by atoms with Crippen LogP contribution >= 0.6 is 0 Å². The lowest BCUT2D eigenvalue weighted by Crippen LogP contribution is -2.61. The van der Waals surface area contributed by atoms with Gasteiger partial charge in [-0.05, 0) is 165 Å². The highest BCUT2D eigenvalue weighted by Gasteiger charge is 2.57. The summed E-state index contributed by atoms with van der Waals surface area (Å²) in [5.74, 6) is 0. The van der Waals surface area contributed by atoms with Gasteiger partial charge < -0.3 is 14.4 Å². The van der Waals surface area contributed by atoms with Crippen molar-refractivity contribution in [2.75, 3.05) is 9.80 Å². The maximum Gasteiger partial charge on any atom is 0.252 e. The highest BCUT2D eigenvalue weighted by Crippen LogP contribution is 2.68. The Kier molecular flexibility index (Phi) is 10.5.